The van der Waals surface area contributed by atoms with E-state index >= 15 is 0 Å². The first-order chi connectivity index (χ1) is 17.7. The Morgan fingerprint density at radius 2 is 1.76 bits per heavy atom. The number of nitrogens with zero attached hydrogens (tertiary/aromatic N) is 1. The maximum absolute atomic E-state index is 14.4. The Bertz CT molecular complexity index is 1190. The van der Waals surface area contributed by atoms with Gasteiger partial charge in [0.15, 0.2) is 11.6 Å². The lowest BCUT2D eigenvalue weighted by Crippen LogP contribution is -2.69. The largest absolute Gasteiger partial charge is 0.450 e. The average Bonchev–Trinajstić information content (AvgIpc) is 2.84. The molecule has 0 aromatic heterocycles. The number of nitriles is 1. The highest BCUT2D eigenvalue weighted by molar-refractivity contribution is 6.02. The summed E-state index contributed by atoms with van der Waals surface area (Å²) in [6, 6.07) is 2.15. The lowest BCUT2D eigenvalue weighted by molar-refractivity contribution is -0.159. The molecule has 0 spiro atoms. The summed E-state index contributed by atoms with van der Waals surface area (Å²) in [6.07, 6.45) is 9.63. The summed E-state index contributed by atoms with van der Waals surface area (Å²) >= 11 is 0. The third kappa shape index (κ3) is 3.52. The summed E-state index contributed by atoms with van der Waals surface area (Å²) < 4.78 is 5.34. The van der Waals surface area contributed by atoms with Gasteiger partial charge in [0.25, 0.3) is 0 Å². The van der Waals surface area contributed by atoms with E-state index in [-0.39, 0.29) is 63.1 Å². The molecule has 206 valence electrons. The molecule has 3 fully saturated rings. The number of ether oxygens (including phenoxy) is 1. The fourth-order valence-electron chi connectivity index (χ4n) is 9.84. The molecular weight excluding hydrogens is 476 g/mol. The second kappa shape index (κ2) is 8.54. The van der Waals surface area contributed by atoms with Gasteiger partial charge >= 0.3 is 6.09 Å². The van der Waals surface area contributed by atoms with E-state index in [4.69, 9.17) is 4.74 Å². The number of ketones is 2. The third-order valence-electron chi connectivity index (χ3n) is 12.1. The molecule has 5 aliphatic carbocycles. The molecule has 6 nitrogen and oxygen atoms in total. The topological polar surface area (TPSA) is 96.3 Å². The van der Waals surface area contributed by atoms with Crippen LogP contribution in [0.3, 0.4) is 0 Å². The van der Waals surface area contributed by atoms with Gasteiger partial charge in [-0.15, -0.1) is 0 Å². The van der Waals surface area contributed by atoms with Gasteiger partial charge in [0.2, 0.25) is 0 Å². The Balaban J connectivity index is 1.64. The van der Waals surface area contributed by atoms with Crippen molar-refractivity contribution in [1.82, 2.24) is 5.32 Å². The number of carbonyl (C=O) groups excluding carboxylic acids is 3. The molecule has 5 rings (SSSR count). The zero-order chi connectivity index (χ0) is 27.9. The average molecular weight is 521 g/mol. The van der Waals surface area contributed by atoms with E-state index in [1.165, 1.54) is 0 Å². The van der Waals surface area contributed by atoms with Crippen LogP contribution in [0, 0.1) is 56.7 Å². The second-order valence-corrected chi connectivity index (χ2v) is 14.4. The number of nitrogens with one attached hydrogen (secondary N) is 1. The van der Waals surface area contributed by atoms with Crippen LogP contribution in [0.15, 0.2) is 23.3 Å². The Morgan fingerprint density at radius 1 is 1.08 bits per heavy atom. The molecule has 6 heteroatoms. The van der Waals surface area contributed by atoms with Crippen LogP contribution in [0.4, 0.5) is 4.79 Å². The van der Waals surface area contributed by atoms with Gasteiger partial charge in [-0.2, -0.15) is 5.26 Å². The molecule has 1 amide bonds. The Hall–Kier alpha value is -2.42. The number of Topliss-reactive ketones (excluding diaryl/α,β-unsaturated/α-hetero) is 1. The number of fused-ring (bicyclic) bond motifs is 7. The lowest BCUT2D eigenvalue weighted by atomic mass is 9.36. The Morgan fingerprint density at radius 3 is 2.42 bits per heavy atom. The van der Waals surface area contributed by atoms with Crippen molar-refractivity contribution in [1.29, 1.82) is 5.26 Å². The predicted octanol–water partition coefficient (Wildman–Crippen LogP) is 6.31. The lowest BCUT2D eigenvalue weighted by Gasteiger charge is -2.68. The summed E-state index contributed by atoms with van der Waals surface area (Å²) in [4.78, 5) is 40.1. The van der Waals surface area contributed by atoms with Gasteiger partial charge in [-0.1, -0.05) is 53.2 Å². The van der Waals surface area contributed by atoms with Crippen molar-refractivity contribution in [3.8, 4) is 6.07 Å². The zero-order valence-electron chi connectivity index (χ0n) is 24.2. The minimum absolute atomic E-state index is 0.0270. The molecule has 0 saturated heterocycles. The normalized spacial score (nSPS) is 45.2. The fourth-order valence-corrected chi connectivity index (χ4v) is 9.84. The van der Waals surface area contributed by atoms with Crippen LogP contribution in [-0.2, 0) is 14.3 Å². The first-order valence-corrected chi connectivity index (χ1v) is 14.6. The summed E-state index contributed by atoms with van der Waals surface area (Å²) in [7, 11) is 0. The second-order valence-electron chi connectivity index (χ2n) is 14.4. The number of allylic oxidation sites excluding steroid dienone is 4. The van der Waals surface area contributed by atoms with Gasteiger partial charge in [-0.05, 0) is 86.0 Å². The van der Waals surface area contributed by atoms with E-state index in [1.54, 1.807) is 0 Å². The van der Waals surface area contributed by atoms with Crippen molar-refractivity contribution >= 4 is 17.7 Å². The molecule has 8 unspecified atom stereocenters. The van der Waals surface area contributed by atoms with Crippen molar-refractivity contribution < 1.29 is 19.1 Å². The van der Waals surface area contributed by atoms with Crippen molar-refractivity contribution in [3.63, 3.8) is 0 Å². The first-order valence-electron chi connectivity index (χ1n) is 14.6. The monoisotopic (exact) mass is 520 g/mol. The Labute approximate surface area is 227 Å². The zero-order valence-corrected chi connectivity index (χ0v) is 24.2. The first kappa shape index (κ1) is 27.2. The number of hydrogen-bond donors (Lipinski definition) is 1. The maximum atomic E-state index is 14.4. The van der Waals surface area contributed by atoms with Gasteiger partial charge in [-0.25, -0.2) is 4.79 Å². The molecule has 0 heterocycles. The predicted molar refractivity (Wildman–Crippen MR) is 145 cm³/mol. The van der Waals surface area contributed by atoms with E-state index < -0.39 is 11.0 Å². The molecule has 8 atom stereocenters. The van der Waals surface area contributed by atoms with E-state index in [0.717, 1.165) is 50.5 Å². The van der Waals surface area contributed by atoms with Crippen molar-refractivity contribution in [2.24, 2.45) is 45.3 Å². The minimum atomic E-state index is -0.501. The van der Waals surface area contributed by atoms with Gasteiger partial charge in [0.05, 0.1) is 12.2 Å². The molecule has 38 heavy (non-hydrogen) atoms. The molecule has 1 N–H and O–H groups in total. The maximum Gasteiger partial charge on any atom is 0.407 e. The number of carbonyl (C=O) groups is 3. The molecule has 0 aliphatic heterocycles. The van der Waals surface area contributed by atoms with Gasteiger partial charge in [-0.3, -0.25) is 9.59 Å². The highest BCUT2D eigenvalue weighted by Gasteiger charge is 2.69. The highest BCUT2D eigenvalue weighted by Crippen LogP contribution is 2.72. The van der Waals surface area contributed by atoms with E-state index in [9.17, 15) is 19.6 Å². The van der Waals surface area contributed by atoms with Crippen molar-refractivity contribution in [2.75, 3.05) is 6.61 Å². The summed E-state index contributed by atoms with van der Waals surface area (Å²) in [6.45, 7) is 15.5. The van der Waals surface area contributed by atoms with Crippen LogP contribution < -0.4 is 5.32 Å². The molecule has 5 aliphatic rings. The molecule has 0 radical (unpaired) electrons. The van der Waals surface area contributed by atoms with Crippen LogP contribution >= 0.6 is 0 Å². The van der Waals surface area contributed by atoms with E-state index in [1.807, 2.05) is 26.0 Å². The van der Waals surface area contributed by atoms with E-state index in [0.29, 0.717) is 6.61 Å². The standard InChI is InChI=1S/C32H44N2O4/c1-8-38-27(37)34-32-13-11-28(3,4)17-22(32)25-23(35)15-24-29(5)16-20(18-33)26(36)19(2)21(29)9-10-30(24,6)31(25,7)12-14-32/h15-16,19,21-22,25H,8-14,17H2,1-7H3,(H,34,37). The molecule has 0 aromatic carbocycles. The molecular formula is C32H44N2O4. The highest BCUT2D eigenvalue weighted by atomic mass is 16.5. The summed E-state index contributed by atoms with van der Waals surface area (Å²) in [5.41, 5.74) is -0.0459. The minimum Gasteiger partial charge on any atom is -0.450 e. The summed E-state index contributed by atoms with van der Waals surface area (Å²) in [5, 5.41) is 13.1. The Kier molecular flexibility index (Phi) is 6.10. The number of rotatable bonds is 2. The SMILES string of the molecule is CCOC(=O)NC12CCC(C)(C)CC1C1C(=O)C=C3C4(C)C=C(C#N)C(=O)C(C)C4CCC3(C)C1(C)CC2. The smallest absolute Gasteiger partial charge is 0.407 e. The number of alkyl carbamates (subject to hydrolysis) is 1. The number of amides is 1. The molecule has 0 aromatic rings. The van der Waals surface area contributed by atoms with Crippen LogP contribution in [0.1, 0.15) is 93.4 Å². The molecule has 3 saturated carbocycles. The van der Waals surface area contributed by atoms with E-state index in [2.05, 4.69) is 46.0 Å². The number of hydrogen-bond acceptors (Lipinski definition) is 5. The summed E-state index contributed by atoms with van der Waals surface area (Å²) in [5.74, 6) is -0.246. The van der Waals surface area contributed by atoms with Crippen LogP contribution in [0.5, 0.6) is 0 Å². The van der Waals surface area contributed by atoms with Crippen molar-refractivity contribution in [2.45, 2.75) is 99.0 Å². The fraction of sp³-hybridized carbons (Fsp3) is 0.750. The third-order valence-corrected chi connectivity index (χ3v) is 12.1. The van der Waals surface area contributed by atoms with Crippen LogP contribution in [-0.4, -0.2) is 29.8 Å². The van der Waals surface area contributed by atoms with Gasteiger partial charge in [0.1, 0.15) is 6.07 Å². The molecule has 0 bridgehead atoms. The van der Waals surface area contributed by atoms with Crippen LogP contribution in [0.25, 0.3) is 0 Å². The van der Waals surface area contributed by atoms with Gasteiger partial charge in [0, 0.05) is 22.8 Å². The van der Waals surface area contributed by atoms with Gasteiger partial charge < -0.3 is 10.1 Å². The quantitative estimate of drug-likeness (QED) is 0.460. The van der Waals surface area contributed by atoms with Crippen LogP contribution in [0.2, 0.25) is 0 Å². The van der Waals surface area contributed by atoms with Crippen molar-refractivity contribution in [3.05, 3.63) is 23.3 Å².